The third-order valence-corrected chi connectivity index (χ3v) is 4.85. The van der Waals surface area contributed by atoms with Gasteiger partial charge in [-0.3, -0.25) is 4.90 Å². The lowest BCUT2D eigenvalue weighted by molar-refractivity contribution is 0.0760. The Morgan fingerprint density at radius 2 is 1.75 bits per heavy atom. The van der Waals surface area contributed by atoms with Gasteiger partial charge in [0.1, 0.15) is 0 Å². The molecule has 0 radical (unpaired) electrons. The smallest absolute Gasteiger partial charge is 0.277 e. The van der Waals surface area contributed by atoms with Gasteiger partial charge in [0.15, 0.2) is 0 Å². The SMILES string of the molecule is CC(C)(C)N1CCC2(CC1)CNS(=O)(=O)N2. The van der Waals surface area contributed by atoms with Crippen LogP contribution in [0.15, 0.2) is 0 Å². The molecule has 5 nitrogen and oxygen atoms in total. The number of hydrogen-bond acceptors (Lipinski definition) is 3. The van der Waals surface area contributed by atoms with E-state index in [1.807, 2.05) is 0 Å². The molecular weight excluding hydrogens is 226 g/mol. The summed E-state index contributed by atoms with van der Waals surface area (Å²) in [7, 11) is -3.23. The number of likely N-dealkylation sites (tertiary alicyclic amines) is 1. The average Bonchev–Trinajstić information content (AvgIpc) is 2.41. The summed E-state index contributed by atoms with van der Waals surface area (Å²) in [5.41, 5.74) is -0.0624. The fraction of sp³-hybridized carbons (Fsp3) is 1.00. The molecule has 2 saturated heterocycles. The molecule has 0 aromatic carbocycles. The van der Waals surface area contributed by atoms with Crippen molar-refractivity contribution < 1.29 is 8.42 Å². The maximum Gasteiger partial charge on any atom is 0.277 e. The van der Waals surface area contributed by atoms with Gasteiger partial charge >= 0.3 is 0 Å². The van der Waals surface area contributed by atoms with Crippen molar-refractivity contribution >= 4 is 10.2 Å². The van der Waals surface area contributed by atoms with Crippen molar-refractivity contribution in [3.8, 4) is 0 Å². The summed E-state index contributed by atoms with van der Waals surface area (Å²) >= 11 is 0. The number of rotatable bonds is 0. The minimum atomic E-state index is -3.23. The van der Waals surface area contributed by atoms with Crippen LogP contribution in [0.4, 0.5) is 0 Å². The molecule has 0 saturated carbocycles. The summed E-state index contributed by atoms with van der Waals surface area (Å²) < 4.78 is 28.0. The molecular formula is C10H21N3O2S. The van der Waals surface area contributed by atoms with Crippen LogP contribution in [-0.4, -0.2) is 44.0 Å². The van der Waals surface area contributed by atoms with Gasteiger partial charge in [0.05, 0.1) is 5.54 Å². The highest BCUT2D eigenvalue weighted by atomic mass is 32.2. The third-order valence-electron chi connectivity index (χ3n) is 3.62. The Morgan fingerprint density at radius 1 is 1.19 bits per heavy atom. The van der Waals surface area contributed by atoms with E-state index in [1.165, 1.54) is 0 Å². The second-order valence-electron chi connectivity index (χ2n) is 5.86. The summed E-state index contributed by atoms with van der Waals surface area (Å²) in [6, 6.07) is 0. The van der Waals surface area contributed by atoms with Crippen LogP contribution in [0, 0.1) is 0 Å². The van der Waals surface area contributed by atoms with Crippen molar-refractivity contribution in [3.63, 3.8) is 0 Å². The molecule has 1 spiro atoms. The Kier molecular flexibility index (Phi) is 2.81. The predicted octanol–water partition coefficient (Wildman–Crippen LogP) is 0.0571. The van der Waals surface area contributed by atoms with Crippen LogP contribution in [0.3, 0.4) is 0 Å². The third kappa shape index (κ3) is 2.40. The van der Waals surface area contributed by atoms with Gasteiger partial charge in [-0.1, -0.05) is 0 Å². The molecule has 0 aromatic heterocycles. The van der Waals surface area contributed by atoms with Gasteiger partial charge in [-0.2, -0.15) is 13.1 Å². The van der Waals surface area contributed by atoms with E-state index in [1.54, 1.807) is 0 Å². The topological polar surface area (TPSA) is 61.4 Å². The molecule has 2 rings (SSSR count). The van der Waals surface area contributed by atoms with Crippen LogP contribution < -0.4 is 9.44 Å². The summed E-state index contributed by atoms with van der Waals surface area (Å²) in [5, 5.41) is 0. The molecule has 2 heterocycles. The fourth-order valence-corrected chi connectivity index (χ4v) is 3.86. The van der Waals surface area contributed by atoms with Crippen molar-refractivity contribution in [2.75, 3.05) is 19.6 Å². The Morgan fingerprint density at radius 3 is 2.12 bits per heavy atom. The first-order valence-electron chi connectivity index (χ1n) is 5.76. The monoisotopic (exact) mass is 247 g/mol. The summed E-state index contributed by atoms with van der Waals surface area (Å²) in [6.07, 6.45) is 1.77. The Labute approximate surface area is 97.8 Å². The second kappa shape index (κ2) is 3.66. The van der Waals surface area contributed by atoms with Crippen LogP contribution >= 0.6 is 0 Å². The predicted molar refractivity (Wildman–Crippen MR) is 63.3 cm³/mol. The van der Waals surface area contributed by atoms with Crippen LogP contribution in [0.25, 0.3) is 0 Å². The van der Waals surface area contributed by atoms with Crippen molar-refractivity contribution in [3.05, 3.63) is 0 Å². The van der Waals surface area contributed by atoms with E-state index in [0.717, 1.165) is 25.9 Å². The molecule has 2 N–H and O–H groups in total. The van der Waals surface area contributed by atoms with Crippen molar-refractivity contribution in [2.45, 2.75) is 44.7 Å². The Balaban J connectivity index is 2.01. The normalized spacial score (nSPS) is 29.7. The molecule has 2 aliphatic rings. The molecule has 0 aromatic rings. The lowest BCUT2D eigenvalue weighted by Crippen LogP contribution is -2.56. The minimum absolute atomic E-state index is 0.173. The van der Waals surface area contributed by atoms with Gasteiger partial charge in [0.25, 0.3) is 10.2 Å². The molecule has 0 atom stereocenters. The van der Waals surface area contributed by atoms with E-state index in [9.17, 15) is 8.42 Å². The minimum Gasteiger partial charge on any atom is -0.298 e. The van der Waals surface area contributed by atoms with Gasteiger partial charge in [0, 0.05) is 25.2 Å². The number of hydrogen-bond donors (Lipinski definition) is 2. The molecule has 16 heavy (non-hydrogen) atoms. The van der Waals surface area contributed by atoms with Crippen molar-refractivity contribution in [1.29, 1.82) is 0 Å². The molecule has 0 amide bonds. The molecule has 6 heteroatoms. The van der Waals surface area contributed by atoms with E-state index in [0.29, 0.717) is 6.54 Å². The van der Waals surface area contributed by atoms with Gasteiger partial charge < -0.3 is 0 Å². The van der Waals surface area contributed by atoms with Crippen molar-refractivity contribution in [1.82, 2.24) is 14.3 Å². The second-order valence-corrected chi connectivity index (χ2v) is 7.36. The highest BCUT2D eigenvalue weighted by molar-refractivity contribution is 7.87. The van der Waals surface area contributed by atoms with E-state index in [4.69, 9.17) is 0 Å². The zero-order valence-corrected chi connectivity index (χ0v) is 11.0. The first kappa shape index (κ1) is 12.3. The van der Waals surface area contributed by atoms with E-state index in [-0.39, 0.29) is 11.1 Å². The Bertz CT molecular complexity index is 364. The number of nitrogens with one attached hydrogen (secondary N) is 2. The van der Waals surface area contributed by atoms with Crippen molar-refractivity contribution in [2.24, 2.45) is 0 Å². The average molecular weight is 247 g/mol. The van der Waals surface area contributed by atoms with E-state index >= 15 is 0 Å². The number of nitrogens with zero attached hydrogens (tertiary/aromatic N) is 1. The first-order valence-corrected chi connectivity index (χ1v) is 7.25. The fourth-order valence-electron chi connectivity index (χ4n) is 2.47. The van der Waals surface area contributed by atoms with Crippen LogP contribution in [0.1, 0.15) is 33.6 Å². The van der Waals surface area contributed by atoms with E-state index < -0.39 is 10.2 Å². The van der Waals surface area contributed by atoms with Gasteiger partial charge in [-0.25, -0.2) is 4.72 Å². The molecule has 2 aliphatic heterocycles. The number of piperidine rings is 1. The quantitative estimate of drug-likeness (QED) is 0.636. The molecule has 94 valence electrons. The summed E-state index contributed by atoms with van der Waals surface area (Å²) in [5.74, 6) is 0. The van der Waals surface area contributed by atoms with Gasteiger partial charge in [-0.05, 0) is 33.6 Å². The highest BCUT2D eigenvalue weighted by Gasteiger charge is 2.44. The molecule has 0 unspecified atom stereocenters. The Hall–Kier alpha value is -0.170. The lowest BCUT2D eigenvalue weighted by atomic mass is 9.87. The molecule has 0 aliphatic carbocycles. The maximum atomic E-state index is 11.3. The highest BCUT2D eigenvalue weighted by Crippen LogP contribution is 2.29. The zero-order valence-electron chi connectivity index (χ0n) is 10.2. The van der Waals surface area contributed by atoms with Crippen LogP contribution in [0.2, 0.25) is 0 Å². The maximum absolute atomic E-state index is 11.3. The first-order chi connectivity index (χ1) is 7.23. The summed E-state index contributed by atoms with van der Waals surface area (Å²) in [6.45, 7) is 9.03. The van der Waals surface area contributed by atoms with Crippen LogP contribution in [0.5, 0.6) is 0 Å². The van der Waals surface area contributed by atoms with Gasteiger partial charge in [-0.15, -0.1) is 0 Å². The molecule has 2 fully saturated rings. The zero-order chi connectivity index (χ0) is 12.0. The van der Waals surface area contributed by atoms with E-state index in [2.05, 4.69) is 35.1 Å². The largest absolute Gasteiger partial charge is 0.298 e. The molecule has 0 bridgehead atoms. The van der Waals surface area contributed by atoms with Crippen LogP contribution in [-0.2, 0) is 10.2 Å². The van der Waals surface area contributed by atoms with Gasteiger partial charge in [0.2, 0.25) is 0 Å². The lowest BCUT2D eigenvalue weighted by Gasteiger charge is -2.44. The standard InChI is InChI=1S/C10H21N3O2S/c1-9(2,3)13-6-4-10(5-7-13)8-11-16(14,15)12-10/h11-12H,4-8H2,1-3H3. The summed E-state index contributed by atoms with van der Waals surface area (Å²) in [4.78, 5) is 2.41.